The summed E-state index contributed by atoms with van der Waals surface area (Å²) in [5.74, 6) is 0.231. The van der Waals surface area contributed by atoms with Crippen molar-refractivity contribution in [2.45, 2.75) is 50.9 Å². The molecule has 7 nitrogen and oxygen atoms in total. The number of nitrogens with one attached hydrogen (secondary N) is 1. The third kappa shape index (κ3) is 4.05. The van der Waals surface area contributed by atoms with Gasteiger partial charge < -0.3 is 20.6 Å². The van der Waals surface area contributed by atoms with E-state index in [-0.39, 0.29) is 30.4 Å². The zero-order valence-corrected chi connectivity index (χ0v) is 20.0. The van der Waals surface area contributed by atoms with Crippen LogP contribution in [0.4, 0.5) is 0 Å². The highest BCUT2D eigenvalue weighted by Gasteiger charge is 2.43. The molecule has 1 fully saturated rings. The van der Waals surface area contributed by atoms with Crippen molar-refractivity contribution in [2.24, 2.45) is 10.9 Å². The fourth-order valence-corrected chi connectivity index (χ4v) is 4.97. The van der Waals surface area contributed by atoms with Crippen molar-refractivity contribution >= 4 is 17.7 Å². The van der Waals surface area contributed by atoms with Crippen LogP contribution < -0.4 is 11.1 Å². The van der Waals surface area contributed by atoms with Crippen LogP contribution in [0.5, 0.6) is 0 Å². The molecule has 3 aromatic rings. The molecule has 0 saturated heterocycles. The van der Waals surface area contributed by atoms with Crippen LogP contribution in [0, 0.1) is 0 Å². The summed E-state index contributed by atoms with van der Waals surface area (Å²) < 4.78 is 6.32. The zero-order chi connectivity index (χ0) is 24.8. The normalized spacial score (nSPS) is 19.5. The molecule has 36 heavy (non-hydrogen) atoms. The molecule has 0 aromatic heterocycles. The Morgan fingerprint density at radius 3 is 2.33 bits per heavy atom. The van der Waals surface area contributed by atoms with Crippen molar-refractivity contribution < 1.29 is 19.2 Å². The number of hydrogen-bond acceptors (Lipinski definition) is 5. The fourth-order valence-electron chi connectivity index (χ4n) is 4.97. The fraction of sp³-hybridized carbons (Fsp3) is 0.276. The van der Waals surface area contributed by atoms with E-state index >= 15 is 0 Å². The summed E-state index contributed by atoms with van der Waals surface area (Å²) in [4.78, 5) is 28.9. The van der Waals surface area contributed by atoms with Crippen LogP contribution in [-0.2, 0) is 20.9 Å². The van der Waals surface area contributed by atoms with Gasteiger partial charge in [-0.2, -0.15) is 0 Å². The van der Waals surface area contributed by atoms with Gasteiger partial charge in [-0.3, -0.25) is 4.79 Å². The predicted molar refractivity (Wildman–Crippen MR) is 134 cm³/mol. The van der Waals surface area contributed by atoms with Gasteiger partial charge in [-0.25, -0.2) is 4.79 Å². The number of carbonyl (C=O) groups excluding carboxylic acids is 2. The number of amides is 1. The number of benzene rings is 3. The average Bonchev–Trinajstić information content (AvgIpc) is 3.62. The molecule has 3 N–H and O–H groups in total. The van der Waals surface area contributed by atoms with Crippen molar-refractivity contribution in [1.82, 2.24) is 5.32 Å². The number of oxime groups is 1. The number of nitrogens with two attached hydrogens (primary N) is 1. The highest BCUT2D eigenvalue weighted by Crippen LogP contribution is 2.55. The molecule has 0 radical (unpaired) electrons. The van der Waals surface area contributed by atoms with E-state index in [0.29, 0.717) is 23.6 Å². The molecule has 3 aromatic carbocycles. The molecule has 2 aliphatic heterocycles. The minimum atomic E-state index is -0.449. The minimum absolute atomic E-state index is 0.0367. The molecule has 7 heteroatoms. The molecule has 2 heterocycles. The van der Waals surface area contributed by atoms with Gasteiger partial charge in [0.2, 0.25) is 0 Å². The molecule has 2 atom stereocenters. The summed E-state index contributed by atoms with van der Waals surface area (Å²) in [5, 5.41) is 6.64. The van der Waals surface area contributed by atoms with Crippen molar-refractivity contribution in [3.05, 3.63) is 105 Å². The summed E-state index contributed by atoms with van der Waals surface area (Å²) >= 11 is 0. The number of ether oxygens (including phenoxy) is 1. The second-order valence-corrected chi connectivity index (χ2v) is 9.58. The molecule has 1 amide bonds. The Bertz CT molecular complexity index is 1390. The molecule has 2 bridgehead atoms. The first-order valence-corrected chi connectivity index (χ1v) is 12.4. The maximum atomic E-state index is 12.9. The van der Waals surface area contributed by atoms with E-state index in [2.05, 4.69) is 28.7 Å². The molecular formula is C29H27N3O4. The second kappa shape index (κ2) is 8.91. The van der Waals surface area contributed by atoms with Gasteiger partial charge in [-0.15, -0.1) is 0 Å². The lowest BCUT2D eigenvalue weighted by Crippen LogP contribution is -2.23. The number of carbonyl (C=O) groups is 2. The Balaban J connectivity index is 1.12. The first-order chi connectivity index (χ1) is 17.5. The van der Waals surface area contributed by atoms with Crippen LogP contribution in [-0.4, -0.2) is 17.7 Å². The summed E-state index contributed by atoms with van der Waals surface area (Å²) in [5.41, 5.74) is 14.2. The number of amidine groups is 1. The summed E-state index contributed by atoms with van der Waals surface area (Å²) in [6, 6.07) is 19.9. The van der Waals surface area contributed by atoms with Gasteiger partial charge in [0.15, 0.2) is 5.84 Å². The van der Waals surface area contributed by atoms with Gasteiger partial charge >= 0.3 is 5.97 Å². The first kappa shape index (κ1) is 22.5. The molecule has 182 valence electrons. The summed E-state index contributed by atoms with van der Waals surface area (Å²) in [6.45, 7) is 2.05. The third-order valence-electron chi connectivity index (χ3n) is 7.15. The van der Waals surface area contributed by atoms with Crippen molar-refractivity contribution in [1.29, 1.82) is 0 Å². The Morgan fingerprint density at radius 1 is 0.944 bits per heavy atom. The Morgan fingerprint density at radius 2 is 1.61 bits per heavy atom. The van der Waals surface area contributed by atoms with Crippen LogP contribution in [0.2, 0.25) is 0 Å². The summed E-state index contributed by atoms with van der Waals surface area (Å²) in [7, 11) is 0. The standard InChI is InChI=1S/C29H27N3O4/c1-2-25(33)36-32-28(30)18-5-3-16(4-6-18)15-31-29(34)20-10-12-22-24(14-20)27-23-13-19(17-7-8-17)9-11-21(23)26(22)35-27/h3-6,9-14,17,26-27H,2,7-8,15H2,1H3,(H2,30,32)(H,31,34)/t26-,27+/m0/s1. The van der Waals surface area contributed by atoms with E-state index in [4.69, 9.17) is 15.3 Å². The Labute approximate surface area is 209 Å². The van der Waals surface area contributed by atoms with E-state index < -0.39 is 5.97 Å². The van der Waals surface area contributed by atoms with Crippen LogP contribution >= 0.6 is 0 Å². The largest absolute Gasteiger partial charge is 0.380 e. The lowest BCUT2D eigenvalue weighted by molar-refractivity contribution is -0.143. The van der Waals surface area contributed by atoms with E-state index in [9.17, 15) is 9.59 Å². The number of hydrogen-bond donors (Lipinski definition) is 2. The van der Waals surface area contributed by atoms with Crippen molar-refractivity contribution in [3.8, 4) is 0 Å². The maximum Gasteiger partial charge on any atom is 0.334 e. The number of nitrogens with zero attached hydrogens (tertiary/aromatic N) is 1. The highest BCUT2D eigenvalue weighted by atomic mass is 16.7. The van der Waals surface area contributed by atoms with Crippen LogP contribution in [0.25, 0.3) is 0 Å². The summed E-state index contributed by atoms with van der Waals surface area (Å²) in [6.07, 6.45) is 2.63. The van der Waals surface area contributed by atoms with E-state index in [1.54, 1.807) is 19.1 Å². The molecule has 0 unspecified atom stereocenters. The molecule has 1 saturated carbocycles. The molecule has 6 rings (SSSR count). The Kier molecular flexibility index (Phi) is 5.57. The van der Waals surface area contributed by atoms with Crippen LogP contribution in [0.15, 0.2) is 65.8 Å². The van der Waals surface area contributed by atoms with E-state index in [1.807, 2.05) is 30.3 Å². The lowest BCUT2D eigenvalue weighted by atomic mass is 9.84. The smallest absolute Gasteiger partial charge is 0.334 e. The SMILES string of the molecule is CCC(=O)ON=C(N)c1ccc(CNC(=O)c2ccc3c(c2)[C@@H]2O[C@H]3c3ccc(C4CC4)cc32)cc1. The highest BCUT2D eigenvalue weighted by molar-refractivity contribution is 5.97. The lowest BCUT2D eigenvalue weighted by Gasteiger charge is -2.17. The third-order valence-corrected chi connectivity index (χ3v) is 7.15. The monoisotopic (exact) mass is 481 g/mol. The molecular weight excluding hydrogens is 454 g/mol. The Hall–Kier alpha value is -3.97. The van der Waals surface area contributed by atoms with E-state index in [1.165, 1.54) is 29.5 Å². The molecule has 0 spiro atoms. The van der Waals surface area contributed by atoms with Gasteiger partial charge in [0.25, 0.3) is 5.91 Å². The van der Waals surface area contributed by atoms with Crippen LogP contribution in [0.3, 0.4) is 0 Å². The average molecular weight is 482 g/mol. The predicted octanol–water partition coefficient (Wildman–Crippen LogP) is 4.59. The maximum absolute atomic E-state index is 12.9. The number of fused-ring (bicyclic) bond motifs is 8. The minimum Gasteiger partial charge on any atom is -0.380 e. The van der Waals surface area contributed by atoms with Gasteiger partial charge in [0.05, 0.1) is 0 Å². The van der Waals surface area contributed by atoms with Crippen molar-refractivity contribution in [2.75, 3.05) is 0 Å². The van der Waals surface area contributed by atoms with E-state index in [0.717, 1.165) is 16.7 Å². The number of rotatable bonds is 7. The second-order valence-electron chi connectivity index (χ2n) is 9.58. The van der Waals surface area contributed by atoms with Gasteiger partial charge in [0.1, 0.15) is 12.2 Å². The van der Waals surface area contributed by atoms with Gasteiger partial charge in [-0.1, -0.05) is 60.6 Å². The van der Waals surface area contributed by atoms with Gasteiger partial charge in [-0.05, 0) is 64.3 Å². The quantitative estimate of drug-likeness (QED) is 0.222. The molecule has 3 aliphatic rings. The van der Waals surface area contributed by atoms with Gasteiger partial charge in [0, 0.05) is 24.1 Å². The molecule has 1 aliphatic carbocycles. The first-order valence-electron chi connectivity index (χ1n) is 12.4. The zero-order valence-electron chi connectivity index (χ0n) is 20.0. The van der Waals surface area contributed by atoms with Crippen molar-refractivity contribution in [3.63, 3.8) is 0 Å². The van der Waals surface area contributed by atoms with Crippen LogP contribution in [0.1, 0.15) is 93.6 Å². The topological polar surface area (TPSA) is 103 Å².